The highest BCUT2D eigenvalue weighted by Crippen LogP contribution is 2.44. The molecule has 7 nitrogen and oxygen atoms in total. The van der Waals surface area contributed by atoms with E-state index < -0.39 is 11.5 Å². The van der Waals surface area contributed by atoms with E-state index in [0.29, 0.717) is 5.82 Å². The molecule has 1 aromatic carbocycles. The molecule has 0 saturated heterocycles. The minimum Gasteiger partial charge on any atom is -0.462 e. The fraction of sp³-hybridized carbons (Fsp3) is 0.400. The molecule has 146 valence electrons. The summed E-state index contributed by atoms with van der Waals surface area (Å²) in [6.45, 7) is 3.81. The number of fused-ring (bicyclic) bond motifs is 2. The number of anilines is 1. The van der Waals surface area contributed by atoms with E-state index in [1.165, 1.54) is 18.0 Å². The van der Waals surface area contributed by atoms with Crippen LogP contribution in [0.2, 0.25) is 0 Å². The van der Waals surface area contributed by atoms with Crippen molar-refractivity contribution >= 4 is 29.3 Å². The predicted octanol–water partition coefficient (Wildman–Crippen LogP) is 2.97. The Labute approximate surface area is 166 Å². The van der Waals surface area contributed by atoms with Crippen LogP contribution in [0.25, 0.3) is 0 Å². The summed E-state index contributed by atoms with van der Waals surface area (Å²) in [4.78, 5) is 43.3. The molecule has 0 saturated carbocycles. The Bertz CT molecular complexity index is 1000. The van der Waals surface area contributed by atoms with Crippen molar-refractivity contribution in [2.45, 2.75) is 48.8 Å². The topological polar surface area (TPSA) is 90.3 Å². The van der Waals surface area contributed by atoms with Crippen LogP contribution in [0.3, 0.4) is 0 Å². The fourth-order valence-electron chi connectivity index (χ4n) is 3.83. The quantitative estimate of drug-likeness (QED) is 0.798. The number of nitrogens with zero attached hydrogens (tertiary/aromatic N) is 2. The van der Waals surface area contributed by atoms with Crippen molar-refractivity contribution in [3.05, 3.63) is 52.2 Å². The first-order valence-corrected chi connectivity index (χ1v) is 10.2. The zero-order valence-corrected chi connectivity index (χ0v) is 16.5. The minimum atomic E-state index is -0.664. The zero-order valence-electron chi connectivity index (χ0n) is 15.7. The summed E-state index contributed by atoms with van der Waals surface area (Å²) >= 11 is 1.50. The fourth-order valence-corrected chi connectivity index (χ4v) is 5.09. The van der Waals surface area contributed by atoms with E-state index in [1.54, 1.807) is 11.5 Å². The van der Waals surface area contributed by atoms with Gasteiger partial charge in [0.1, 0.15) is 11.4 Å². The molecule has 2 aromatic rings. The number of carbonyl (C=O) groups is 2. The van der Waals surface area contributed by atoms with Gasteiger partial charge in [-0.15, -0.1) is 11.8 Å². The molecule has 1 aromatic heterocycles. The van der Waals surface area contributed by atoms with Crippen molar-refractivity contribution in [3.8, 4) is 0 Å². The maximum absolute atomic E-state index is 13.0. The Kier molecular flexibility index (Phi) is 4.97. The van der Waals surface area contributed by atoms with E-state index in [-0.39, 0.29) is 35.3 Å². The van der Waals surface area contributed by atoms with Gasteiger partial charge in [0.25, 0.3) is 5.56 Å². The van der Waals surface area contributed by atoms with Crippen molar-refractivity contribution in [2.75, 3.05) is 11.9 Å². The number of thioether (sulfide) groups is 1. The summed E-state index contributed by atoms with van der Waals surface area (Å²) in [5.41, 5.74) is 0.340. The Balaban J connectivity index is 1.74. The van der Waals surface area contributed by atoms with Crippen LogP contribution in [0.4, 0.5) is 5.69 Å². The van der Waals surface area contributed by atoms with Crippen LogP contribution >= 0.6 is 11.8 Å². The molecule has 28 heavy (non-hydrogen) atoms. The molecule has 3 heterocycles. The van der Waals surface area contributed by atoms with Crippen LogP contribution in [0, 0.1) is 0 Å². The normalized spacial score (nSPS) is 23.4. The average molecular weight is 399 g/mol. The van der Waals surface area contributed by atoms with Crippen LogP contribution in [-0.4, -0.2) is 33.3 Å². The molecule has 0 bridgehead atoms. The number of amides is 1. The molecular formula is C20H21N3O4S. The Morgan fingerprint density at radius 3 is 2.89 bits per heavy atom. The molecule has 8 heteroatoms. The lowest BCUT2D eigenvalue weighted by atomic mass is 9.90. The third kappa shape index (κ3) is 3.11. The van der Waals surface area contributed by atoms with Crippen molar-refractivity contribution in [1.29, 1.82) is 0 Å². The van der Waals surface area contributed by atoms with Gasteiger partial charge in [-0.25, -0.2) is 9.78 Å². The smallest absolute Gasteiger partial charge is 0.345 e. The summed E-state index contributed by atoms with van der Waals surface area (Å²) in [7, 11) is 0. The predicted molar refractivity (Wildman–Crippen MR) is 106 cm³/mol. The van der Waals surface area contributed by atoms with Gasteiger partial charge in [-0.1, -0.05) is 12.1 Å². The minimum absolute atomic E-state index is 0.0656. The van der Waals surface area contributed by atoms with Gasteiger partial charge >= 0.3 is 5.97 Å². The maximum Gasteiger partial charge on any atom is 0.345 e. The molecular weight excluding hydrogens is 378 g/mol. The van der Waals surface area contributed by atoms with Crippen LogP contribution in [0.1, 0.15) is 54.8 Å². The highest BCUT2D eigenvalue weighted by molar-refractivity contribution is 8.01. The molecule has 0 spiro atoms. The third-order valence-electron chi connectivity index (χ3n) is 5.21. The Morgan fingerprint density at radius 2 is 2.11 bits per heavy atom. The SMILES string of the molecule is CCOC(=O)c1cnc2n(c1=O)[C@@H](C)CC[C@H]2C1Sc2ccccc2NC1=O. The van der Waals surface area contributed by atoms with Crippen molar-refractivity contribution < 1.29 is 14.3 Å². The van der Waals surface area contributed by atoms with Crippen LogP contribution < -0.4 is 10.9 Å². The maximum atomic E-state index is 13.0. The molecule has 4 rings (SSSR count). The third-order valence-corrected chi connectivity index (χ3v) is 6.61. The number of ether oxygens (including phenoxy) is 1. The van der Waals surface area contributed by atoms with Crippen LogP contribution in [0.5, 0.6) is 0 Å². The summed E-state index contributed by atoms with van der Waals surface area (Å²) in [6.07, 6.45) is 2.77. The molecule has 0 radical (unpaired) electrons. The monoisotopic (exact) mass is 399 g/mol. The van der Waals surface area contributed by atoms with Gasteiger partial charge in [0, 0.05) is 23.1 Å². The van der Waals surface area contributed by atoms with E-state index in [4.69, 9.17) is 4.74 Å². The summed E-state index contributed by atoms with van der Waals surface area (Å²) < 4.78 is 6.54. The van der Waals surface area contributed by atoms with Gasteiger partial charge in [-0.3, -0.25) is 14.2 Å². The lowest BCUT2D eigenvalue weighted by Crippen LogP contribution is -2.42. The van der Waals surface area contributed by atoms with Crippen LogP contribution in [-0.2, 0) is 9.53 Å². The number of hydrogen-bond acceptors (Lipinski definition) is 6. The number of rotatable bonds is 3. The second kappa shape index (κ2) is 7.43. The lowest BCUT2D eigenvalue weighted by molar-refractivity contribution is -0.116. The molecule has 1 N–H and O–H groups in total. The van der Waals surface area contributed by atoms with Gasteiger partial charge in [0.05, 0.1) is 17.5 Å². The molecule has 0 aliphatic carbocycles. The van der Waals surface area contributed by atoms with E-state index in [1.807, 2.05) is 31.2 Å². The number of carbonyl (C=O) groups excluding carboxylic acids is 2. The number of esters is 1. The second-order valence-corrected chi connectivity index (χ2v) is 8.17. The van der Waals surface area contributed by atoms with Gasteiger partial charge in [0.15, 0.2) is 0 Å². The first-order valence-electron chi connectivity index (χ1n) is 9.36. The first-order chi connectivity index (χ1) is 13.5. The first kappa shape index (κ1) is 18.7. The summed E-state index contributed by atoms with van der Waals surface area (Å²) in [6, 6.07) is 7.58. The molecule has 1 unspecified atom stereocenters. The summed E-state index contributed by atoms with van der Waals surface area (Å²) in [5.74, 6) is -0.399. The molecule has 3 atom stereocenters. The summed E-state index contributed by atoms with van der Waals surface area (Å²) in [5, 5.41) is 2.58. The van der Waals surface area contributed by atoms with E-state index >= 15 is 0 Å². The second-order valence-electron chi connectivity index (χ2n) is 6.98. The Hall–Kier alpha value is -2.61. The van der Waals surface area contributed by atoms with Crippen molar-refractivity contribution in [2.24, 2.45) is 0 Å². The molecule has 1 amide bonds. The number of aromatic nitrogens is 2. The molecule has 2 aliphatic heterocycles. The van der Waals surface area contributed by atoms with E-state index in [0.717, 1.165) is 23.4 Å². The van der Waals surface area contributed by atoms with E-state index in [9.17, 15) is 14.4 Å². The van der Waals surface area contributed by atoms with E-state index in [2.05, 4.69) is 10.3 Å². The lowest BCUT2D eigenvalue weighted by Gasteiger charge is -2.36. The number of hydrogen-bond donors (Lipinski definition) is 1. The standard InChI is InChI=1S/C20H21N3O4S/c1-3-27-20(26)13-10-21-17-12(9-8-11(2)23(17)19(13)25)16-18(24)22-14-6-4-5-7-15(14)28-16/h4-7,10-12,16H,3,8-9H2,1-2H3,(H,22,24)/t11-,12-,16?/m0/s1. The van der Waals surface area contributed by atoms with Gasteiger partial charge in [0.2, 0.25) is 5.91 Å². The number of benzene rings is 1. The largest absolute Gasteiger partial charge is 0.462 e. The van der Waals surface area contributed by atoms with Crippen molar-refractivity contribution in [1.82, 2.24) is 9.55 Å². The van der Waals surface area contributed by atoms with Crippen LogP contribution in [0.15, 0.2) is 40.2 Å². The highest BCUT2D eigenvalue weighted by Gasteiger charge is 2.40. The average Bonchev–Trinajstić information content (AvgIpc) is 2.68. The van der Waals surface area contributed by atoms with Gasteiger partial charge in [-0.2, -0.15) is 0 Å². The molecule has 2 aliphatic rings. The molecule has 0 fully saturated rings. The number of para-hydroxylation sites is 1. The Morgan fingerprint density at radius 1 is 1.32 bits per heavy atom. The zero-order chi connectivity index (χ0) is 19.8. The van der Waals surface area contributed by atoms with Crippen molar-refractivity contribution in [3.63, 3.8) is 0 Å². The number of nitrogens with one attached hydrogen (secondary N) is 1. The highest BCUT2D eigenvalue weighted by atomic mass is 32.2. The van der Waals surface area contributed by atoms with Gasteiger partial charge < -0.3 is 10.1 Å². The van der Waals surface area contributed by atoms with Gasteiger partial charge in [-0.05, 0) is 38.8 Å².